The van der Waals surface area contributed by atoms with E-state index in [0.29, 0.717) is 42.8 Å². The Labute approximate surface area is 194 Å². The van der Waals surface area contributed by atoms with Crippen LogP contribution in [0.1, 0.15) is 0 Å². The molecular formula is C22H19ClN4O3S2. The van der Waals surface area contributed by atoms with Crippen molar-refractivity contribution >= 4 is 54.7 Å². The maximum atomic E-state index is 13.1. The highest BCUT2D eigenvalue weighted by molar-refractivity contribution is 7.89. The van der Waals surface area contributed by atoms with Gasteiger partial charge >= 0.3 is 0 Å². The third kappa shape index (κ3) is 4.10. The summed E-state index contributed by atoms with van der Waals surface area (Å²) in [5, 5.41) is 4.45. The lowest BCUT2D eigenvalue weighted by molar-refractivity contribution is 0.0730. The van der Waals surface area contributed by atoms with Crippen molar-refractivity contribution in [3.05, 3.63) is 65.9 Å². The molecule has 0 spiro atoms. The monoisotopic (exact) mass is 486 g/mol. The van der Waals surface area contributed by atoms with Crippen LogP contribution in [0.25, 0.3) is 20.7 Å². The molecule has 2 aromatic heterocycles. The molecule has 0 amide bonds. The van der Waals surface area contributed by atoms with Crippen LogP contribution >= 0.6 is 22.9 Å². The van der Waals surface area contributed by atoms with E-state index >= 15 is 0 Å². The Morgan fingerprint density at radius 1 is 1.03 bits per heavy atom. The zero-order chi connectivity index (χ0) is 22.1. The average Bonchev–Trinajstić information content (AvgIpc) is 3.27. The van der Waals surface area contributed by atoms with Gasteiger partial charge in [-0.2, -0.15) is 4.31 Å². The summed E-state index contributed by atoms with van der Waals surface area (Å²) >= 11 is 7.97. The number of anilines is 2. The number of sulfonamides is 1. The lowest BCUT2D eigenvalue weighted by Crippen LogP contribution is -2.40. The van der Waals surface area contributed by atoms with E-state index in [2.05, 4.69) is 15.3 Å². The van der Waals surface area contributed by atoms with Crippen LogP contribution in [0, 0.1) is 0 Å². The largest absolute Gasteiger partial charge is 0.379 e. The summed E-state index contributed by atoms with van der Waals surface area (Å²) in [4.78, 5) is 10.8. The number of hydrogen-bond donors (Lipinski definition) is 1. The fourth-order valence-corrected chi connectivity index (χ4v) is 6.13. The Bertz CT molecular complexity index is 1370. The van der Waals surface area contributed by atoms with Gasteiger partial charge in [0.1, 0.15) is 17.0 Å². The summed E-state index contributed by atoms with van der Waals surface area (Å²) in [5.41, 5.74) is 1.56. The minimum Gasteiger partial charge on any atom is -0.379 e. The quantitative estimate of drug-likeness (QED) is 0.437. The standard InChI is InChI=1S/C22H19ClN4O3S2/c23-18-7-6-16(32(28,29)27-8-10-30-11-9-27)12-19(18)26-21-17-13-20(15-4-2-1-3-5-15)31-22(17)25-14-24-21/h1-7,12-14H,8-11H2,(H,24,25,26). The van der Waals surface area contributed by atoms with Crippen LogP contribution in [0.3, 0.4) is 0 Å². The Hall–Kier alpha value is -2.56. The zero-order valence-electron chi connectivity index (χ0n) is 16.9. The van der Waals surface area contributed by atoms with E-state index in [-0.39, 0.29) is 4.90 Å². The number of aromatic nitrogens is 2. The van der Waals surface area contributed by atoms with Gasteiger partial charge in [0.15, 0.2) is 0 Å². The molecule has 10 heteroatoms. The SMILES string of the molecule is O=S(=O)(c1ccc(Cl)c(Nc2ncnc3sc(-c4ccccc4)cc23)c1)N1CCOCC1. The second kappa shape index (κ2) is 8.76. The van der Waals surface area contributed by atoms with Crippen LogP contribution < -0.4 is 5.32 Å². The molecule has 1 saturated heterocycles. The predicted octanol–water partition coefficient (Wildman–Crippen LogP) is 4.78. The van der Waals surface area contributed by atoms with Gasteiger partial charge in [-0.05, 0) is 29.8 Å². The molecule has 1 fully saturated rings. The molecule has 7 nitrogen and oxygen atoms in total. The lowest BCUT2D eigenvalue weighted by atomic mass is 10.2. The van der Waals surface area contributed by atoms with Crippen molar-refractivity contribution in [3.8, 4) is 10.4 Å². The maximum Gasteiger partial charge on any atom is 0.243 e. The van der Waals surface area contributed by atoms with Crippen molar-refractivity contribution in [1.82, 2.24) is 14.3 Å². The van der Waals surface area contributed by atoms with Crippen molar-refractivity contribution in [2.75, 3.05) is 31.6 Å². The van der Waals surface area contributed by atoms with Gasteiger partial charge in [-0.1, -0.05) is 41.9 Å². The number of hydrogen-bond acceptors (Lipinski definition) is 7. The van der Waals surface area contributed by atoms with Gasteiger partial charge in [-0.15, -0.1) is 11.3 Å². The van der Waals surface area contributed by atoms with Gasteiger partial charge in [-0.3, -0.25) is 0 Å². The van der Waals surface area contributed by atoms with Crippen molar-refractivity contribution in [2.45, 2.75) is 4.90 Å². The third-order valence-electron chi connectivity index (χ3n) is 5.19. The molecule has 1 aliphatic heterocycles. The number of fused-ring (bicyclic) bond motifs is 1. The first-order chi connectivity index (χ1) is 15.5. The molecule has 0 bridgehead atoms. The Balaban J connectivity index is 1.50. The smallest absolute Gasteiger partial charge is 0.243 e. The highest BCUT2D eigenvalue weighted by atomic mass is 35.5. The topological polar surface area (TPSA) is 84.4 Å². The number of rotatable bonds is 5. The number of halogens is 1. The fourth-order valence-electron chi connectivity index (χ4n) is 3.52. The van der Waals surface area contributed by atoms with Crippen molar-refractivity contribution in [3.63, 3.8) is 0 Å². The fraction of sp³-hybridized carbons (Fsp3) is 0.182. The molecule has 0 saturated carbocycles. The molecule has 1 N–H and O–H groups in total. The summed E-state index contributed by atoms with van der Waals surface area (Å²) in [6.07, 6.45) is 1.48. The van der Waals surface area contributed by atoms with E-state index < -0.39 is 10.0 Å². The molecule has 5 rings (SSSR count). The zero-order valence-corrected chi connectivity index (χ0v) is 19.3. The van der Waals surface area contributed by atoms with Gasteiger partial charge in [0.05, 0.1) is 34.2 Å². The Morgan fingerprint density at radius 3 is 2.59 bits per heavy atom. The normalized spacial score (nSPS) is 15.2. The van der Waals surface area contributed by atoms with Gasteiger partial charge in [-0.25, -0.2) is 18.4 Å². The highest BCUT2D eigenvalue weighted by Gasteiger charge is 2.27. The summed E-state index contributed by atoms with van der Waals surface area (Å²) < 4.78 is 32.8. The molecule has 1 aliphatic rings. The highest BCUT2D eigenvalue weighted by Crippen LogP contribution is 2.37. The molecular weight excluding hydrogens is 468 g/mol. The molecule has 164 valence electrons. The molecule has 32 heavy (non-hydrogen) atoms. The number of thiophene rings is 1. The van der Waals surface area contributed by atoms with Crippen molar-refractivity contribution < 1.29 is 13.2 Å². The van der Waals surface area contributed by atoms with Crippen LogP contribution in [-0.2, 0) is 14.8 Å². The molecule has 3 heterocycles. The number of morpholine rings is 1. The van der Waals surface area contributed by atoms with E-state index in [9.17, 15) is 8.42 Å². The molecule has 0 radical (unpaired) electrons. The summed E-state index contributed by atoms with van der Waals surface area (Å²) in [5.74, 6) is 0.566. The minimum atomic E-state index is -3.64. The number of nitrogens with one attached hydrogen (secondary N) is 1. The van der Waals surface area contributed by atoms with Crippen LogP contribution in [0.4, 0.5) is 11.5 Å². The summed E-state index contributed by atoms with van der Waals surface area (Å²) in [6.45, 7) is 1.44. The molecule has 4 aromatic rings. The first kappa shape index (κ1) is 21.3. The molecule has 2 aromatic carbocycles. The summed E-state index contributed by atoms with van der Waals surface area (Å²) in [7, 11) is -3.64. The van der Waals surface area contributed by atoms with Gasteiger partial charge in [0.25, 0.3) is 0 Å². The second-order valence-corrected chi connectivity index (χ2v) is 10.6. The first-order valence-corrected chi connectivity index (χ1v) is 12.6. The number of nitrogens with zero attached hydrogens (tertiary/aromatic N) is 3. The summed E-state index contributed by atoms with van der Waals surface area (Å²) in [6, 6.07) is 16.7. The van der Waals surface area contributed by atoms with Gasteiger partial charge in [0.2, 0.25) is 10.0 Å². The molecule has 0 unspecified atom stereocenters. The first-order valence-electron chi connectivity index (χ1n) is 9.97. The average molecular weight is 487 g/mol. The van der Waals surface area contributed by atoms with E-state index in [1.54, 1.807) is 23.5 Å². The second-order valence-electron chi connectivity index (χ2n) is 7.20. The van der Waals surface area contributed by atoms with Crippen LogP contribution in [0.2, 0.25) is 5.02 Å². The van der Waals surface area contributed by atoms with Crippen molar-refractivity contribution in [1.29, 1.82) is 0 Å². The lowest BCUT2D eigenvalue weighted by Gasteiger charge is -2.26. The van der Waals surface area contributed by atoms with Crippen LogP contribution in [0.15, 0.2) is 65.8 Å². The van der Waals surface area contributed by atoms with Crippen molar-refractivity contribution in [2.24, 2.45) is 0 Å². The third-order valence-corrected chi connectivity index (χ3v) is 8.50. The minimum absolute atomic E-state index is 0.173. The van der Waals surface area contributed by atoms with Crippen LogP contribution in [0.5, 0.6) is 0 Å². The molecule has 0 atom stereocenters. The van der Waals surface area contributed by atoms with Crippen LogP contribution in [-0.4, -0.2) is 49.0 Å². The number of benzene rings is 2. The molecule has 0 aliphatic carbocycles. The van der Waals surface area contributed by atoms with E-state index in [4.69, 9.17) is 16.3 Å². The van der Waals surface area contributed by atoms with E-state index in [1.165, 1.54) is 16.7 Å². The Morgan fingerprint density at radius 2 is 1.81 bits per heavy atom. The van der Waals surface area contributed by atoms with E-state index in [1.807, 2.05) is 36.4 Å². The van der Waals surface area contributed by atoms with E-state index in [0.717, 1.165) is 20.7 Å². The number of ether oxygens (including phenoxy) is 1. The predicted molar refractivity (Wildman–Crippen MR) is 127 cm³/mol. The Kier molecular flexibility index (Phi) is 5.83. The van der Waals surface area contributed by atoms with Gasteiger partial charge in [0, 0.05) is 18.0 Å². The van der Waals surface area contributed by atoms with Gasteiger partial charge < -0.3 is 10.1 Å². The maximum absolute atomic E-state index is 13.1.